The monoisotopic (exact) mass is 335 g/mol. The number of para-hydroxylation sites is 1. The molecule has 0 radical (unpaired) electrons. The number of aryl methyl sites for hydroxylation is 2. The Morgan fingerprint density at radius 2 is 2.04 bits per heavy atom. The normalized spacial score (nSPS) is 11.3. The first-order valence-electron chi connectivity index (χ1n) is 8.05. The molecule has 2 heterocycles. The highest BCUT2D eigenvalue weighted by Gasteiger charge is 2.13. The topological polar surface area (TPSA) is 95.6 Å². The quantitative estimate of drug-likeness (QED) is 0.537. The Kier molecular flexibility index (Phi) is 3.42. The molecule has 25 heavy (non-hydrogen) atoms. The maximum Gasteiger partial charge on any atom is 0.343 e. The van der Waals surface area contributed by atoms with E-state index < -0.39 is 11.6 Å². The molecule has 0 aliphatic carbocycles. The summed E-state index contributed by atoms with van der Waals surface area (Å²) in [7, 11) is 1.48. The molecule has 0 aliphatic heterocycles. The largest absolute Gasteiger partial charge is 0.354 e. The summed E-state index contributed by atoms with van der Waals surface area (Å²) in [6.45, 7) is 2.12. The van der Waals surface area contributed by atoms with Crippen molar-refractivity contribution in [3.8, 4) is 0 Å². The summed E-state index contributed by atoms with van der Waals surface area (Å²) in [5, 5.41) is 8.89. The Hall–Kier alpha value is -3.35. The average molecular weight is 335 g/mol. The number of amides is 1. The fourth-order valence-electron chi connectivity index (χ4n) is 3.06. The van der Waals surface area contributed by atoms with Gasteiger partial charge in [0.25, 0.3) is 5.91 Å². The number of aromatic amines is 2. The summed E-state index contributed by atoms with van der Waals surface area (Å²) < 4.78 is 1.09. The predicted octanol–water partition coefficient (Wildman–Crippen LogP) is 2.56. The van der Waals surface area contributed by atoms with Crippen molar-refractivity contribution in [3.63, 3.8) is 0 Å². The highest BCUT2D eigenvalue weighted by atomic mass is 16.2. The summed E-state index contributed by atoms with van der Waals surface area (Å²) in [6.07, 6.45) is 0.945. The standard InChI is InChI=1S/C18H17N5O2/c1-3-10-5-4-6-13-12-8-7-11(9-14(12)20-15(10)13)19-17(24)16-21-18(25)23(2)22-16/h4-9,20H,3H2,1-2H3,(H,19,24)(H,21,22,25). The maximum atomic E-state index is 12.2. The Morgan fingerprint density at radius 1 is 1.20 bits per heavy atom. The molecular weight excluding hydrogens is 318 g/mol. The van der Waals surface area contributed by atoms with Gasteiger partial charge in [-0.1, -0.05) is 31.2 Å². The van der Waals surface area contributed by atoms with Crippen LogP contribution in [0, 0.1) is 0 Å². The minimum absolute atomic E-state index is 0.0162. The van der Waals surface area contributed by atoms with Crippen molar-refractivity contribution in [1.82, 2.24) is 19.7 Å². The van der Waals surface area contributed by atoms with Gasteiger partial charge in [-0.05, 0) is 24.1 Å². The van der Waals surface area contributed by atoms with E-state index in [1.54, 1.807) is 0 Å². The minimum Gasteiger partial charge on any atom is -0.354 e. The maximum absolute atomic E-state index is 12.2. The first-order valence-corrected chi connectivity index (χ1v) is 8.05. The lowest BCUT2D eigenvalue weighted by Crippen LogP contribution is -2.15. The number of aromatic nitrogens is 4. The van der Waals surface area contributed by atoms with Crippen molar-refractivity contribution in [3.05, 3.63) is 58.3 Å². The Morgan fingerprint density at radius 3 is 2.76 bits per heavy atom. The van der Waals surface area contributed by atoms with Crippen LogP contribution in [0.4, 0.5) is 5.69 Å². The third-order valence-corrected chi connectivity index (χ3v) is 4.34. The number of H-pyrrole nitrogens is 2. The van der Waals surface area contributed by atoms with Gasteiger partial charge in [0.05, 0.1) is 0 Å². The molecule has 0 unspecified atom stereocenters. The lowest BCUT2D eigenvalue weighted by Gasteiger charge is -2.02. The van der Waals surface area contributed by atoms with Crippen LogP contribution in [0.1, 0.15) is 23.1 Å². The number of hydrogen-bond acceptors (Lipinski definition) is 3. The number of nitrogens with one attached hydrogen (secondary N) is 3. The van der Waals surface area contributed by atoms with Crippen LogP contribution in [0.5, 0.6) is 0 Å². The van der Waals surface area contributed by atoms with E-state index in [1.165, 1.54) is 18.0 Å². The second-order valence-electron chi connectivity index (χ2n) is 5.94. The molecule has 0 aliphatic rings. The Balaban J connectivity index is 1.72. The third-order valence-electron chi connectivity index (χ3n) is 4.34. The van der Waals surface area contributed by atoms with Gasteiger partial charge in [-0.3, -0.25) is 9.78 Å². The fraction of sp³-hybridized carbons (Fsp3) is 0.167. The van der Waals surface area contributed by atoms with E-state index in [-0.39, 0.29) is 5.82 Å². The summed E-state index contributed by atoms with van der Waals surface area (Å²) in [5.74, 6) is -0.472. The minimum atomic E-state index is -0.456. The SMILES string of the molecule is CCc1cccc2c1[nH]c1cc(NC(=O)c3nn(C)c(=O)[nH]3)ccc12. The van der Waals surface area contributed by atoms with Crippen LogP contribution in [-0.2, 0) is 13.5 Å². The van der Waals surface area contributed by atoms with Crippen molar-refractivity contribution in [2.75, 3.05) is 5.32 Å². The van der Waals surface area contributed by atoms with Crippen LogP contribution >= 0.6 is 0 Å². The zero-order chi connectivity index (χ0) is 17.6. The van der Waals surface area contributed by atoms with Crippen LogP contribution in [0.3, 0.4) is 0 Å². The summed E-state index contributed by atoms with van der Waals surface area (Å²) in [5.41, 5.74) is 3.53. The molecule has 2 aromatic heterocycles. The van der Waals surface area contributed by atoms with Gasteiger partial charge >= 0.3 is 5.69 Å². The van der Waals surface area contributed by atoms with Crippen LogP contribution in [0.25, 0.3) is 21.8 Å². The van der Waals surface area contributed by atoms with E-state index in [1.807, 2.05) is 18.2 Å². The highest BCUT2D eigenvalue weighted by molar-refractivity contribution is 6.10. The molecule has 0 atom stereocenters. The smallest absolute Gasteiger partial charge is 0.343 e. The highest BCUT2D eigenvalue weighted by Crippen LogP contribution is 2.29. The second-order valence-corrected chi connectivity index (χ2v) is 5.94. The first-order chi connectivity index (χ1) is 12.1. The van der Waals surface area contributed by atoms with E-state index >= 15 is 0 Å². The Labute approximate surface area is 142 Å². The number of anilines is 1. The molecule has 3 N–H and O–H groups in total. The van der Waals surface area contributed by atoms with Gasteiger partial charge < -0.3 is 10.3 Å². The van der Waals surface area contributed by atoms with Crippen molar-refractivity contribution in [1.29, 1.82) is 0 Å². The molecule has 0 spiro atoms. The van der Waals surface area contributed by atoms with Gasteiger partial charge in [0.15, 0.2) is 0 Å². The van der Waals surface area contributed by atoms with Crippen LogP contribution in [-0.4, -0.2) is 25.7 Å². The van der Waals surface area contributed by atoms with Gasteiger partial charge in [-0.2, -0.15) is 0 Å². The number of fused-ring (bicyclic) bond motifs is 3. The molecule has 2 aromatic carbocycles. The molecular formula is C18H17N5O2. The fourth-order valence-corrected chi connectivity index (χ4v) is 3.06. The van der Waals surface area contributed by atoms with Gasteiger partial charge in [0, 0.05) is 34.5 Å². The number of benzene rings is 2. The lowest BCUT2D eigenvalue weighted by atomic mass is 10.1. The molecule has 7 heteroatoms. The summed E-state index contributed by atoms with van der Waals surface area (Å²) >= 11 is 0. The number of carbonyl (C=O) groups excluding carboxylic acids is 1. The van der Waals surface area contributed by atoms with Crippen molar-refractivity contribution >= 4 is 33.4 Å². The van der Waals surface area contributed by atoms with Crippen LogP contribution < -0.4 is 11.0 Å². The van der Waals surface area contributed by atoms with Gasteiger partial charge in [0.1, 0.15) is 0 Å². The average Bonchev–Trinajstić information content (AvgIpc) is 3.14. The first kappa shape index (κ1) is 15.2. The van der Waals surface area contributed by atoms with Crippen molar-refractivity contribution in [2.45, 2.75) is 13.3 Å². The molecule has 7 nitrogen and oxygen atoms in total. The summed E-state index contributed by atoms with van der Waals surface area (Å²) in [6, 6.07) is 12.0. The Bertz CT molecular complexity index is 1170. The van der Waals surface area contributed by atoms with E-state index in [2.05, 4.69) is 45.5 Å². The summed E-state index contributed by atoms with van der Waals surface area (Å²) in [4.78, 5) is 29.5. The van der Waals surface area contributed by atoms with E-state index in [0.717, 1.165) is 27.5 Å². The zero-order valence-electron chi connectivity index (χ0n) is 13.9. The van der Waals surface area contributed by atoms with E-state index in [4.69, 9.17) is 0 Å². The predicted molar refractivity (Wildman–Crippen MR) is 97.0 cm³/mol. The zero-order valence-corrected chi connectivity index (χ0v) is 13.9. The molecule has 0 saturated carbocycles. The van der Waals surface area contributed by atoms with Gasteiger partial charge in [0.2, 0.25) is 5.82 Å². The van der Waals surface area contributed by atoms with Crippen LogP contribution in [0.15, 0.2) is 41.2 Å². The molecule has 0 saturated heterocycles. The third kappa shape index (κ3) is 2.50. The molecule has 4 rings (SSSR count). The molecule has 126 valence electrons. The molecule has 0 fully saturated rings. The number of carbonyl (C=O) groups is 1. The van der Waals surface area contributed by atoms with E-state index in [0.29, 0.717) is 5.69 Å². The number of hydrogen-bond donors (Lipinski definition) is 3. The number of nitrogens with zero attached hydrogens (tertiary/aromatic N) is 2. The molecule has 4 aromatic rings. The number of rotatable bonds is 3. The molecule has 1 amide bonds. The second kappa shape index (κ2) is 5.62. The lowest BCUT2D eigenvalue weighted by molar-refractivity contribution is 0.101. The van der Waals surface area contributed by atoms with E-state index in [9.17, 15) is 9.59 Å². The van der Waals surface area contributed by atoms with Crippen molar-refractivity contribution in [2.24, 2.45) is 7.05 Å². The van der Waals surface area contributed by atoms with Crippen LogP contribution in [0.2, 0.25) is 0 Å². The van der Waals surface area contributed by atoms with Gasteiger partial charge in [-0.25, -0.2) is 9.48 Å². The molecule has 0 bridgehead atoms. The van der Waals surface area contributed by atoms with Gasteiger partial charge in [-0.15, -0.1) is 5.10 Å². The van der Waals surface area contributed by atoms with Crippen molar-refractivity contribution < 1.29 is 4.79 Å².